The van der Waals surface area contributed by atoms with Crippen LogP contribution in [0.25, 0.3) is 0 Å². The summed E-state index contributed by atoms with van der Waals surface area (Å²) in [6, 6.07) is 0. The summed E-state index contributed by atoms with van der Waals surface area (Å²) in [6.07, 6.45) is 3.05. The quantitative estimate of drug-likeness (QED) is 0.639. The van der Waals surface area contributed by atoms with Gasteiger partial charge in [-0.3, -0.25) is 10.1 Å². The van der Waals surface area contributed by atoms with Gasteiger partial charge >= 0.3 is 5.97 Å². The maximum atomic E-state index is 10.7. The lowest BCUT2D eigenvalue weighted by Crippen LogP contribution is -2.29. The fourth-order valence-electron chi connectivity index (χ4n) is 1.76. The summed E-state index contributed by atoms with van der Waals surface area (Å²) < 4.78 is 0. The number of nitrogens with zero attached hydrogens (tertiary/aromatic N) is 1. The molecule has 2 rings (SSSR count). The van der Waals surface area contributed by atoms with Crippen molar-refractivity contribution in [3.8, 4) is 0 Å². The molecular weight excluding hydrogens is 228 g/mol. The van der Waals surface area contributed by atoms with Crippen LogP contribution in [0.2, 0.25) is 0 Å². The van der Waals surface area contributed by atoms with Crippen LogP contribution in [0.5, 0.6) is 0 Å². The van der Waals surface area contributed by atoms with E-state index >= 15 is 0 Å². The molecule has 88 valence electrons. The molecule has 1 atom stereocenters. The maximum Gasteiger partial charge on any atom is 0.308 e. The molecule has 0 aliphatic carbocycles. The number of aliphatic imine (C=N–C) groups is 1. The molecule has 5 nitrogen and oxygen atoms in total. The van der Waals surface area contributed by atoms with Crippen LogP contribution in [0.15, 0.2) is 15.8 Å². The minimum atomic E-state index is -0.930. The summed E-state index contributed by atoms with van der Waals surface area (Å²) >= 11 is 0. The molecule has 1 unspecified atom stereocenters. The molecule has 2 aliphatic heterocycles. The number of nitrogens with one attached hydrogen (secondary N) is 1. The van der Waals surface area contributed by atoms with E-state index in [4.69, 9.17) is 5.11 Å². The monoisotopic (exact) mass is 242 g/mol. The number of aliphatic hydroxyl groups excluding tert-OH is 1. The third kappa shape index (κ3) is 2.33. The average molecular weight is 242 g/mol. The van der Waals surface area contributed by atoms with Gasteiger partial charge in [0.05, 0.1) is 16.9 Å². The third-order valence-electron chi connectivity index (χ3n) is 2.53. The Morgan fingerprint density at radius 3 is 3.00 bits per heavy atom. The SMILES string of the molecule is O=C(O)CC1=C(O)N=C/S1=C1/CCCCN1. The van der Waals surface area contributed by atoms with Crippen molar-refractivity contribution in [1.29, 1.82) is 0 Å². The minimum Gasteiger partial charge on any atom is -0.493 e. The summed E-state index contributed by atoms with van der Waals surface area (Å²) in [5.41, 5.74) is 1.65. The molecule has 0 radical (unpaired) electrons. The topological polar surface area (TPSA) is 81.9 Å². The second kappa shape index (κ2) is 4.80. The number of aliphatic carboxylic acids is 1. The number of piperidine rings is 1. The first kappa shape index (κ1) is 11.3. The van der Waals surface area contributed by atoms with Crippen molar-refractivity contribution in [2.24, 2.45) is 4.99 Å². The Bertz CT molecular complexity index is 404. The zero-order valence-corrected chi connectivity index (χ0v) is 9.59. The average Bonchev–Trinajstić information content (AvgIpc) is 2.61. The molecule has 2 heterocycles. The van der Waals surface area contributed by atoms with Crippen molar-refractivity contribution in [2.45, 2.75) is 25.7 Å². The predicted octanol–water partition coefficient (Wildman–Crippen LogP) is 1.40. The molecule has 0 saturated carbocycles. The minimum absolute atomic E-state index is 0.120. The highest BCUT2D eigenvalue weighted by molar-refractivity contribution is 8.30. The molecule has 0 amide bonds. The number of carboxylic acid groups (broad SMARTS) is 1. The summed E-state index contributed by atoms with van der Waals surface area (Å²) in [4.78, 5) is 16.2. The van der Waals surface area contributed by atoms with Crippen LogP contribution in [0.3, 0.4) is 0 Å². The lowest BCUT2D eigenvalue weighted by Gasteiger charge is -2.18. The normalized spacial score (nSPS) is 27.5. The Labute approximate surface area is 95.8 Å². The Kier molecular flexibility index (Phi) is 3.40. The molecule has 2 aliphatic rings. The third-order valence-corrected chi connectivity index (χ3v) is 4.58. The summed E-state index contributed by atoms with van der Waals surface area (Å²) in [5.74, 6) is -1.05. The van der Waals surface area contributed by atoms with Gasteiger partial charge in [-0.15, -0.1) is 0 Å². The molecule has 0 aromatic rings. The standard InChI is InChI=1S/C10H14N2O3S/c13-9(14)5-7-10(15)12-6-16(7)8-3-1-2-4-11-8/h6,11,15H,1-5H2,(H,13,14). The van der Waals surface area contributed by atoms with Gasteiger partial charge in [0, 0.05) is 11.5 Å². The number of rotatable bonds is 2. The molecule has 0 bridgehead atoms. The maximum absolute atomic E-state index is 10.7. The second-order valence-corrected chi connectivity index (χ2v) is 5.57. The van der Waals surface area contributed by atoms with E-state index in [1.807, 2.05) is 0 Å². The van der Waals surface area contributed by atoms with Gasteiger partial charge in [0.1, 0.15) is 0 Å². The molecule has 1 fully saturated rings. The van der Waals surface area contributed by atoms with Crippen molar-refractivity contribution < 1.29 is 15.0 Å². The Morgan fingerprint density at radius 2 is 2.38 bits per heavy atom. The lowest BCUT2D eigenvalue weighted by atomic mass is 10.2. The molecule has 3 N–H and O–H groups in total. The van der Waals surface area contributed by atoms with Gasteiger partial charge in [0.2, 0.25) is 5.88 Å². The van der Waals surface area contributed by atoms with Crippen LogP contribution < -0.4 is 5.32 Å². The van der Waals surface area contributed by atoms with Crippen molar-refractivity contribution in [2.75, 3.05) is 6.54 Å². The van der Waals surface area contributed by atoms with E-state index in [0.717, 1.165) is 30.8 Å². The summed E-state index contributed by atoms with van der Waals surface area (Å²) in [6.45, 7) is 0.924. The first-order valence-corrected chi connectivity index (χ1v) is 6.48. The van der Waals surface area contributed by atoms with Crippen LogP contribution in [0, 0.1) is 0 Å². The highest BCUT2D eigenvalue weighted by atomic mass is 32.2. The fourth-order valence-corrected chi connectivity index (χ4v) is 3.66. The van der Waals surface area contributed by atoms with Gasteiger partial charge in [0.15, 0.2) is 0 Å². The molecule has 1 saturated heterocycles. The lowest BCUT2D eigenvalue weighted by molar-refractivity contribution is -0.136. The number of aliphatic hydroxyl groups is 1. The first-order valence-electron chi connectivity index (χ1n) is 5.19. The molecular formula is C10H14N2O3S. The van der Waals surface area contributed by atoms with E-state index in [2.05, 4.69) is 10.3 Å². The Balaban J connectivity index is 2.27. The number of hydrogen-bond donors (Lipinski definition) is 3. The molecule has 0 spiro atoms. The van der Waals surface area contributed by atoms with E-state index < -0.39 is 16.5 Å². The van der Waals surface area contributed by atoms with Crippen LogP contribution in [-0.2, 0) is 4.79 Å². The number of carboxylic acids is 1. The number of hydrogen-bond acceptors (Lipinski definition) is 3. The largest absolute Gasteiger partial charge is 0.493 e. The van der Waals surface area contributed by atoms with Crippen molar-refractivity contribution in [3.05, 3.63) is 10.8 Å². The first-order chi connectivity index (χ1) is 7.68. The van der Waals surface area contributed by atoms with Gasteiger partial charge in [-0.1, -0.05) is 10.5 Å². The fraction of sp³-hybridized carbons (Fsp3) is 0.500. The highest BCUT2D eigenvalue weighted by Gasteiger charge is 2.21. The highest BCUT2D eigenvalue weighted by Crippen LogP contribution is 2.35. The van der Waals surface area contributed by atoms with E-state index in [1.54, 1.807) is 5.55 Å². The van der Waals surface area contributed by atoms with Crippen molar-refractivity contribution in [1.82, 2.24) is 5.32 Å². The molecule has 0 aromatic heterocycles. The molecule has 6 heteroatoms. The van der Waals surface area contributed by atoms with Crippen LogP contribution >= 0.6 is 10.5 Å². The Morgan fingerprint density at radius 1 is 1.56 bits per heavy atom. The number of carbonyl (C=O) groups is 1. The van der Waals surface area contributed by atoms with E-state index in [0.29, 0.717) is 4.91 Å². The van der Waals surface area contributed by atoms with Crippen LogP contribution in [-0.4, -0.2) is 33.3 Å². The van der Waals surface area contributed by atoms with Gasteiger partial charge in [-0.25, -0.2) is 4.99 Å². The predicted molar refractivity (Wildman–Crippen MR) is 64.9 cm³/mol. The van der Waals surface area contributed by atoms with Gasteiger partial charge in [-0.2, -0.15) is 0 Å². The van der Waals surface area contributed by atoms with E-state index in [-0.39, 0.29) is 12.3 Å². The van der Waals surface area contributed by atoms with Gasteiger partial charge in [0.25, 0.3) is 0 Å². The molecule has 0 aromatic carbocycles. The second-order valence-electron chi connectivity index (χ2n) is 3.70. The Hall–Kier alpha value is -1.14. The van der Waals surface area contributed by atoms with Crippen LogP contribution in [0.4, 0.5) is 0 Å². The van der Waals surface area contributed by atoms with Crippen molar-refractivity contribution in [3.63, 3.8) is 0 Å². The van der Waals surface area contributed by atoms with E-state index in [9.17, 15) is 9.90 Å². The van der Waals surface area contributed by atoms with Crippen molar-refractivity contribution >= 4 is 27.0 Å². The summed E-state index contributed by atoms with van der Waals surface area (Å²) in [5, 5.41) is 21.6. The van der Waals surface area contributed by atoms with Crippen LogP contribution in [0.1, 0.15) is 25.7 Å². The smallest absolute Gasteiger partial charge is 0.308 e. The van der Waals surface area contributed by atoms with E-state index in [1.165, 1.54) is 0 Å². The summed E-state index contributed by atoms with van der Waals surface area (Å²) in [7, 11) is -0.440. The zero-order valence-electron chi connectivity index (χ0n) is 8.77. The zero-order chi connectivity index (χ0) is 11.5. The molecule has 16 heavy (non-hydrogen) atoms. The van der Waals surface area contributed by atoms with Gasteiger partial charge in [-0.05, 0) is 19.3 Å². The van der Waals surface area contributed by atoms with Gasteiger partial charge < -0.3 is 10.2 Å².